The van der Waals surface area contributed by atoms with E-state index >= 15 is 0 Å². The van der Waals surface area contributed by atoms with Gasteiger partial charge >= 0.3 is 0 Å². The number of halogens is 2. The normalized spacial score (nSPS) is 26.5. The van der Waals surface area contributed by atoms with Gasteiger partial charge in [-0.05, 0) is 42.9 Å². The van der Waals surface area contributed by atoms with Crippen LogP contribution in [-0.4, -0.2) is 18.5 Å². The van der Waals surface area contributed by atoms with E-state index in [1.165, 1.54) is 12.1 Å². The Balaban J connectivity index is 2.17. The number of ketones is 1. The maximum absolute atomic E-state index is 13.0. The zero-order chi connectivity index (χ0) is 14.8. The van der Waals surface area contributed by atoms with Gasteiger partial charge in [-0.3, -0.25) is 4.79 Å². The molecule has 0 bridgehead atoms. The first-order chi connectivity index (χ1) is 9.47. The molecular weight excluding hydrogens is 279 g/mol. The third kappa shape index (κ3) is 3.21. The number of hydrogen-bond acceptors (Lipinski definition) is 2. The molecule has 0 amide bonds. The van der Waals surface area contributed by atoms with Crippen LogP contribution in [0.1, 0.15) is 38.2 Å². The first-order valence-electron chi connectivity index (χ1n) is 6.99. The van der Waals surface area contributed by atoms with Gasteiger partial charge in [0.05, 0.1) is 0 Å². The number of hydrogen-bond donors (Lipinski definition) is 0. The van der Waals surface area contributed by atoms with Crippen LogP contribution < -0.4 is 0 Å². The highest BCUT2D eigenvalue weighted by Gasteiger charge is 2.41. The van der Waals surface area contributed by atoms with E-state index in [1.54, 1.807) is 13.2 Å². The Morgan fingerprint density at radius 1 is 1.55 bits per heavy atom. The zero-order valence-electron chi connectivity index (χ0n) is 11.9. The number of carbonyl (C=O) groups is 1. The maximum Gasteiger partial charge on any atom is 0.169 e. The molecule has 0 aliphatic heterocycles. The molecule has 1 aliphatic rings. The quantitative estimate of drug-likeness (QED) is 0.833. The highest BCUT2D eigenvalue weighted by Crippen LogP contribution is 2.36. The second-order valence-electron chi connectivity index (χ2n) is 5.74. The predicted molar refractivity (Wildman–Crippen MR) is 77.5 cm³/mol. The molecule has 2 atom stereocenters. The average Bonchev–Trinajstić information content (AvgIpc) is 2.41. The summed E-state index contributed by atoms with van der Waals surface area (Å²) in [5.41, 5.74) is -0.0391. The second kappa shape index (κ2) is 6.23. The molecule has 4 heteroatoms. The van der Waals surface area contributed by atoms with E-state index < -0.39 is 5.60 Å². The first kappa shape index (κ1) is 15.5. The number of ether oxygens (including phenoxy) is 1. The van der Waals surface area contributed by atoms with Crippen molar-refractivity contribution < 1.29 is 13.9 Å². The highest BCUT2D eigenvalue weighted by molar-refractivity contribution is 6.31. The lowest BCUT2D eigenvalue weighted by atomic mass is 9.75. The van der Waals surface area contributed by atoms with Gasteiger partial charge in [-0.25, -0.2) is 4.39 Å². The molecule has 0 aromatic heterocycles. The Bertz CT molecular complexity index is 503. The topological polar surface area (TPSA) is 26.3 Å². The van der Waals surface area contributed by atoms with Crippen molar-refractivity contribution in [1.29, 1.82) is 0 Å². The molecule has 1 saturated carbocycles. The predicted octanol–water partition coefficient (Wildman–Crippen LogP) is 4.19. The van der Waals surface area contributed by atoms with Crippen LogP contribution in [0, 0.1) is 11.7 Å². The van der Waals surface area contributed by atoms with E-state index in [2.05, 4.69) is 6.92 Å². The molecule has 1 aliphatic carbocycles. The molecule has 110 valence electrons. The van der Waals surface area contributed by atoms with E-state index in [0.29, 0.717) is 16.5 Å². The summed E-state index contributed by atoms with van der Waals surface area (Å²) in [6.45, 7) is 2.14. The minimum atomic E-state index is -0.699. The van der Waals surface area contributed by atoms with Crippen LogP contribution >= 0.6 is 11.6 Å². The minimum Gasteiger partial charge on any atom is -0.370 e. The van der Waals surface area contributed by atoms with E-state index in [-0.39, 0.29) is 18.0 Å². The molecule has 0 spiro atoms. The van der Waals surface area contributed by atoms with Crippen molar-refractivity contribution >= 4 is 17.4 Å². The summed E-state index contributed by atoms with van der Waals surface area (Å²) in [5, 5.41) is 0.300. The molecular formula is C16H20ClFO2. The van der Waals surface area contributed by atoms with Crippen molar-refractivity contribution in [3.8, 4) is 0 Å². The van der Waals surface area contributed by atoms with Crippen molar-refractivity contribution in [2.45, 2.75) is 44.6 Å². The molecule has 2 rings (SSSR count). The SMILES string of the molecule is COC1(C(=O)Cc2ccc(F)cc2Cl)CCCC(C)C1. The highest BCUT2D eigenvalue weighted by atomic mass is 35.5. The molecule has 2 unspecified atom stereocenters. The summed E-state index contributed by atoms with van der Waals surface area (Å²) >= 11 is 6.00. The van der Waals surface area contributed by atoms with Crippen molar-refractivity contribution in [3.63, 3.8) is 0 Å². The fourth-order valence-electron chi connectivity index (χ4n) is 3.05. The summed E-state index contributed by atoms with van der Waals surface area (Å²) < 4.78 is 18.6. The van der Waals surface area contributed by atoms with Crippen LogP contribution in [-0.2, 0) is 16.0 Å². The Kier molecular flexibility index (Phi) is 4.82. The maximum atomic E-state index is 13.0. The number of benzene rings is 1. The van der Waals surface area contributed by atoms with E-state index in [4.69, 9.17) is 16.3 Å². The molecule has 0 heterocycles. The van der Waals surface area contributed by atoms with Crippen molar-refractivity contribution in [2.24, 2.45) is 5.92 Å². The summed E-state index contributed by atoms with van der Waals surface area (Å²) in [5.74, 6) is 0.135. The fraction of sp³-hybridized carbons (Fsp3) is 0.562. The Morgan fingerprint density at radius 2 is 2.30 bits per heavy atom. The van der Waals surface area contributed by atoms with Crippen LogP contribution in [0.15, 0.2) is 18.2 Å². The van der Waals surface area contributed by atoms with E-state index in [0.717, 1.165) is 25.7 Å². The van der Waals surface area contributed by atoms with E-state index in [9.17, 15) is 9.18 Å². The Hall–Kier alpha value is -0.930. The molecule has 0 radical (unpaired) electrons. The Morgan fingerprint density at radius 3 is 2.90 bits per heavy atom. The third-order valence-corrected chi connectivity index (χ3v) is 4.57. The zero-order valence-corrected chi connectivity index (χ0v) is 12.7. The molecule has 1 aromatic carbocycles. The summed E-state index contributed by atoms with van der Waals surface area (Å²) in [6.07, 6.45) is 3.83. The third-order valence-electron chi connectivity index (χ3n) is 4.22. The van der Waals surface area contributed by atoms with Crippen LogP contribution in [0.3, 0.4) is 0 Å². The van der Waals surface area contributed by atoms with Gasteiger partial charge < -0.3 is 4.74 Å². The summed E-state index contributed by atoms with van der Waals surface area (Å²) in [7, 11) is 1.60. The van der Waals surface area contributed by atoms with Gasteiger partial charge in [0.25, 0.3) is 0 Å². The number of methoxy groups -OCH3 is 1. The van der Waals surface area contributed by atoms with Gasteiger partial charge in [-0.2, -0.15) is 0 Å². The van der Waals surface area contributed by atoms with Crippen molar-refractivity contribution in [1.82, 2.24) is 0 Å². The van der Waals surface area contributed by atoms with Gasteiger partial charge in [0.15, 0.2) is 5.78 Å². The average molecular weight is 299 g/mol. The lowest BCUT2D eigenvalue weighted by Crippen LogP contribution is -2.45. The van der Waals surface area contributed by atoms with Crippen LogP contribution in [0.4, 0.5) is 4.39 Å². The van der Waals surface area contributed by atoms with Crippen LogP contribution in [0.25, 0.3) is 0 Å². The van der Waals surface area contributed by atoms with Crippen molar-refractivity contribution in [3.05, 3.63) is 34.6 Å². The summed E-state index contributed by atoms with van der Waals surface area (Å²) in [6, 6.07) is 4.15. The summed E-state index contributed by atoms with van der Waals surface area (Å²) in [4.78, 5) is 12.6. The second-order valence-corrected chi connectivity index (χ2v) is 6.14. The smallest absolute Gasteiger partial charge is 0.169 e. The van der Waals surface area contributed by atoms with Gasteiger partial charge in [-0.15, -0.1) is 0 Å². The molecule has 1 aromatic rings. The number of rotatable bonds is 4. The van der Waals surface area contributed by atoms with Crippen LogP contribution in [0.5, 0.6) is 0 Å². The molecule has 0 N–H and O–H groups in total. The van der Waals surface area contributed by atoms with Gasteiger partial charge in [0.2, 0.25) is 0 Å². The Labute approximate surface area is 124 Å². The number of carbonyl (C=O) groups excluding carboxylic acids is 1. The van der Waals surface area contributed by atoms with Gasteiger partial charge in [0.1, 0.15) is 11.4 Å². The first-order valence-corrected chi connectivity index (χ1v) is 7.37. The minimum absolute atomic E-state index is 0.0417. The van der Waals surface area contributed by atoms with Crippen molar-refractivity contribution in [2.75, 3.05) is 7.11 Å². The lowest BCUT2D eigenvalue weighted by Gasteiger charge is -2.37. The molecule has 1 fully saturated rings. The van der Waals surface area contributed by atoms with Gasteiger partial charge in [-0.1, -0.05) is 31.0 Å². The molecule has 0 saturated heterocycles. The molecule has 2 nitrogen and oxygen atoms in total. The fourth-order valence-corrected chi connectivity index (χ4v) is 3.29. The van der Waals surface area contributed by atoms with Crippen LogP contribution in [0.2, 0.25) is 5.02 Å². The van der Waals surface area contributed by atoms with E-state index in [1.807, 2.05) is 0 Å². The largest absolute Gasteiger partial charge is 0.370 e. The lowest BCUT2D eigenvalue weighted by molar-refractivity contribution is -0.146. The standard InChI is InChI=1S/C16H20ClFO2/c1-11-4-3-7-16(10-11,20-2)15(19)8-12-5-6-13(18)9-14(12)17/h5-6,9,11H,3-4,7-8,10H2,1-2H3. The monoisotopic (exact) mass is 298 g/mol. The number of Topliss-reactive ketones (excluding diaryl/α,β-unsaturated/α-hetero) is 1. The molecule has 20 heavy (non-hydrogen) atoms. The van der Waals surface area contributed by atoms with Gasteiger partial charge in [0, 0.05) is 18.6 Å².